The number of ether oxygens (including phenoxy) is 1. The number of rotatable bonds is 7. The fourth-order valence-corrected chi connectivity index (χ4v) is 5.04. The van der Waals surface area contributed by atoms with Gasteiger partial charge in [0.05, 0.1) is 23.7 Å². The summed E-state index contributed by atoms with van der Waals surface area (Å²) >= 11 is 3.28. The van der Waals surface area contributed by atoms with E-state index in [1.54, 1.807) is 36.4 Å². The Kier molecular flexibility index (Phi) is 7.54. The lowest BCUT2D eigenvalue weighted by Crippen LogP contribution is -2.52. The van der Waals surface area contributed by atoms with Gasteiger partial charge in [0.1, 0.15) is 5.75 Å². The van der Waals surface area contributed by atoms with E-state index >= 15 is 0 Å². The number of hydrogen-bond acceptors (Lipinski definition) is 5. The predicted octanol–water partition coefficient (Wildman–Crippen LogP) is 3.18. The maximum atomic E-state index is 13.3. The Bertz CT molecular complexity index is 1320. The molecule has 0 spiro atoms. The Morgan fingerprint density at radius 2 is 1.69 bits per heavy atom. The number of carbonyl (C=O) groups is 2. The minimum atomic E-state index is -3.88. The molecule has 2 amide bonds. The Hall–Kier alpha value is -3.21. The van der Waals surface area contributed by atoms with Crippen LogP contribution in [0.5, 0.6) is 5.75 Å². The van der Waals surface area contributed by atoms with Crippen LogP contribution in [-0.4, -0.2) is 50.8 Å². The number of para-hydroxylation sites is 2. The van der Waals surface area contributed by atoms with Crippen molar-refractivity contribution in [3.63, 3.8) is 0 Å². The lowest BCUT2D eigenvalue weighted by atomic mass is 10.1. The van der Waals surface area contributed by atoms with Gasteiger partial charge in [-0.25, -0.2) is 8.42 Å². The van der Waals surface area contributed by atoms with Crippen LogP contribution in [0.1, 0.15) is 5.56 Å². The zero-order chi connectivity index (χ0) is 25.0. The van der Waals surface area contributed by atoms with Gasteiger partial charge in [-0.05, 0) is 42.0 Å². The molecule has 0 unspecified atom stereocenters. The highest BCUT2D eigenvalue weighted by Crippen LogP contribution is 2.33. The Morgan fingerprint density at radius 3 is 2.40 bits per heavy atom. The Labute approximate surface area is 212 Å². The van der Waals surface area contributed by atoms with Gasteiger partial charge < -0.3 is 15.0 Å². The van der Waals surface area contributed by atoms with Crippen LogP contribution < -0.4 is 15.0 Å². The maximum Gasteiger partial charge on any atom is 0.263 e. The molecule has 1 heterocycles. The highest BCUT2D eigenvalue weighted by Gasteiger charge is 2.35. The van der Waals surface area contributed by atoms with E-state index in [9.17, 15) is 18.0 Å². The average Bonchev–Trinajstić information content (AvgIpc) is 2.87. The van der Waals surface area contributed by atoms with Crippen LogP contribution in [0.15, 0.2) is 88.2 Å². The number of nitrogens with one attached hydrogen (secondary N) is 1. The summed E-state index contributed by atoms with van der Waals surface area (Å²) < 4.78 is 33.5. The molecule has 3 aromatic carbocycles. The van der Waals surface area contributed by atoms with Crippen LogP contribution in [0, 0.1) is 0 Å². The number of amides is 2. The van der Waals surface area contributed by atoms with Crippen molar-refractivity contribution >= 4 is 43.5 Å². The van der Waals surface area contributed by atoms with E-state index in [1.165, 1.54) is 24.1 Å². The van der Waals surface area contributed by atoms with Crippen molar-refractivity contribution in [2.24, 2.45) is 0 Å². The maximum absolute atomic E-state index is 13.3. The molecular weight excluding hydrogens is 534 g/mol. The predicted molar refractivity (Wildman–Crippen MR) is 135 cm³/mol. The van der Waals surface area contributed by atoms with Gasteiger partial charge in [-0.1, -0.05) is 58.4 Å². The summed E-state index contributed by atoms with van der Waals surface area (Å²) in [5.74, 6) is -0.452. The van der Waals surface area contributed by atoms with Crippen molar-refractivity contribution in [3.05, 3.63) is 88.9 Å². The van der Waals surface area contributed by atoms with Gasteiger partial charge in [0.15, 0.2) is 6.10 Å². The van der Waals surface area contributed by atoms with Gasteiger partial charge in [0.2, 0.25) is 15.9 Å². The molecule has 10 heteroatoms. The van der Waals surface area contributed by atoms with Crippen molar-refractivity contribution in [1.82, 2.24) is 9.62 Å². The van der Waals surface area contributed by atoms with E-state index in [4.69, 9.17) is 4.74 Å². The van der Waals surface area contributed by atoms with Crippen molar-refractivity contribution in [2.45, 2.75) is 17.5 Å². The van der Waals surface area contributed by atoms with Crippen LogP contribution >= 0.6 is 15.9 Å². The molecule has 1 aliphatic heterocycles. The fourth-order valence-electron chi connectivity index (χ4n) is 3.65. The topological polar surface area (TPSA) is 96.0 Å². The molecule has 0 saturated heterocycles. The highest BCUT2D eigenvalue weighted by atomic mass is 79.9. The van der Waals surface area contributed by atoms with Gasteiger partial charge >= 0.3 is 0 Å². The average molecular weight is 558 g/mol. The fraction of sp³-hybridized carbons (Fsp3) is 0.200. The molecule has 4 rings (SSSR count). The first kappa shape index (κ1) is 24.9. The lowest BCUT2D eigenvalue weighted by molar-refractivity contribution is -0.128. The molecule has 0 saturated carbocycles. The molecule has 182 valence electrons. The first-order chi connectivity index (χ1) is 16.8. The van der Waals surface area contributed by atoms with E-state index < -0.39 is 28.6 Å². The molecule has 0 aromatic heterocycles. The van der Waals surface area contributed by atoms with E-state index in [0.29, 0.717) is 18.0 Å². The molecule has 0 bridgehead atoms. The second-order valence-corrected chi connectivity index (χ2v) is 11.0. The van der Waals surface area contributed by atoms with Gasteiger partial charge in [0, 0.05) is 18.1 Å². The third-order valence-corrected chi connectivity index (χ3v) is 7.90. The SMILES string of the molecule is CN(CC(=O)N1C[C@@H](C(=O)NCc2ccccc2)Oc2ccccc21)S(=O)(=O)c1ccc(Br)cc1. The summed E-state index contributed by atoms with van der Waals surface area (Å²) in [6.07, 6.45) is -0.939. The van der Waals surface area contributed by atoms with Gasteiger partial charge in [0.25, 0.3) is 5.91 Å². The number of sulfonamides is 1. The second kappa shape index (κ2) is 10.6. The summed E-state index contributed by atoms with van der Waals surface area (Å²) in [6.45, 7) is -0.114. The first-order valence-electron chi connectivity index (χ1n) is 10.9. The van der Waals surface area contributed by atoms with Crippen LogP contribution in [0.4, 0.5) is 5.69 Å². The van der Waals surface area contributed by atoms with E-state index in [1.807, 2.05) is 30.3 Å². The first-order valence-corrected chi connectivity index (χ1v) is 13.1. The summed E-state index contributed by atoms with van der Waals surface area (Å²) in [5, 5.41) is 2.84. The number of halogens is 1. The minimum absolute atomic E-state index is 0.0390. The Morgan fingerprint density at radius 1 is 1.03 bits per heavy atom. The number of fused-ring (bicyclic) bond motifs is 1. The zero-order valence-electron chi connectivity index (χ0n) is 18.9. The van der Waals surface area contributed by atoms with E-state index in [-0.39, 0.29) is 17.3 Å². The standard InChI is InChI=1S/C25H24BrN3O5S/c1-28(35(32,33)20-13-11-19(26)12-14-20)17-24(30)29-16-23(34-22-10-6-5-9-21(22)29)25(31)27-15-18-7-3-2-4-8-18/h2-14,23H,15-17H2,1H3,(H,27,31)/t23-/m0/s1. The molecule has 0 fully saturated rings. The molecule has 0 aliphatic carbocycles. The minimum Gasteiger partial charge on any atom is -0.477 e. The summed E-state index contributed by atoms with van der Waals surface area (Å²) in [5.41, 5.74) is 1.42. The third-order valence-electron chi connectivity index (χ3n) is 5.56. The molecule has 1 N–H and O–H groups in total. The smallest absolute Gasteiger partial charge is 0.263 e. The molecule has 35 heavy (non-hydrogen) atoms. The Balaban J connectivity index is 1.49. The normalized spacial score (nSPS) is 15.3. The summed E-state index contributed by atoms with van der Waals surface area (Å²) in [7, 11) is -2.53. The van der Waals surface area contributed by atoms with E-state index in [2.05, 4.69) is 21.2 Å². The number of anilines is 1. The third kappa shape index (κ3) is 5.72. The van der Waals surface area contributed by atoms with Gasteiger partial charge in [-0.3, -0.25) is 9.59 Å². The quantitative estimate of drug-likeness (QED) is 0.481. The number of carbonyl (C=O) groups excluding carboxylic acids is 2. The zero-order valence-corrected chi connectivity index (χ0v) is 21.3. The summed E-state index contributed by atoms with van der Waals surface area (Å²) in [6, 6.07) is 22.5. The molecule has 8 nitrogen and oxygen atoms in total. The van der Waals surface area contributed by atoms with Gasteiger partial charge in [-0.15, -0.1) is 0 Å². The largest absolute Gasteiger partial charge is 0.477 e. The molecular formula is C25H24BrN3O5S. The monoisotopic (exact) mass is 557 g/mol. The number of nitrogens with zero attached hydrogens (tertiary/aromatic N) is 2. The lowest BCUT2D eigenvalue weighted by Gasteiger charge is -2.35. The van der Waals surface area contributed by atoms with Crippen molar-refractivity contribution in [3.8, 4) is 5.75 Å². The summed E-state index contributed by atoms with van der Waals surface area (Å²) in [4.78, 5) is 27.6. The highest BCUT2D eigenvalue weighted by molar-refractivity contribution is 9.10. The van der Waals surface area contributed by atoms with Gasteiger partial charge in [-0.2, -0.15) is 4.31 Å². The van der Waals surface area contributed by atoms with Crippen LogP contribution in [0.3, 0.4) is 0 Å². The number of benzene rings is 3. The number of likely N-dealkylation sites (N-methyl/N-ethyl adjacent to an activating group) is 1. The van der Waals surface area contributed by atoms with Crippen LogP contribution in [0.25, 0.3) is 0 Å². The molecule has 0 radical (unpaired) electrons. The van der Waals surface area contributed by atoms with Crippen LogP contribution in [-0.2, 0) is 26.2 Å². The van der Waals surface area contributed by atoms with Crippen LogP contribution in [0.2, 0.25) is 0 Å². The second-order valence-electron chi connectivity index (χ2n) is 8.00. The number of hydrogen-bond donors (Lipinski definition) is 1. The molecule has 3 aromatic rings. The van der Waals surface area contributed by atoms with E-state index in [0.717, 1.165) is 14.3 Å². The molecule has 1 aliphatic rings. The van der Waals surface area contributed by atoms with Crippen molar-refractivity contribution < 1.29 is 22.7 Å². The van der Waals surface area contributed by atoms with Crippen molar-refractivity contribution in [1.29, 1.82) is 0 Å². The van der Waals surface area contributed by atoms with Crippen molar-refractivity contribution in [2.75, 3.05) is 25.0 Å². The molecule has 1 atom stereocenters.